The van der Waals surface area contributed by atoms with Crippen LogP contribution in [0, 0.1) is 0 Å². The zero-order chi connectivity index (χ0) is 18.1. The lowest BCUT2D eigenvalue weighted by molar-refractivity contribution is 0.573. The van der Waals surface area contributed by atoms with Gasteiger partial charge in [0.15, 0.2) is 0 Å². The molecule has 0 amide bonds. The van der Waals surface area contributed by atoms with Gasteiger partial charge in [-0.25, -0.2) is 4.98 Å². The fraction of sp³-hybridized carbons (Fsp3) is 0.500. The summed E-state index contributed by atoms with van der Waals surface area (Å²) in [5.74, 6) is -0.521. The molecule has 1 aliphatic heterocycles. The van der Waals surface area contributed by atoms with E-state index in [4.69, 9.17) is 19.4 Å². The van der Waals surface area contributed by atoms with E-state index >= 15 is 0 Å². The lowest BCUT2D eigenvalue weighted by atomic mass is 10.1. The van der Waals surface area contributed by atoms with E-state index in [9.17, 15) is 0 Å². The maximum absolute atomic E-state index is 7.97. The van der Waals surface area contributed by atoms with Gasteiger partial charge in [0, 0.05) is 26.7 Å². The normalized spacial score (nSPS) is 48.2. The van der Waals surface area contributed by atoms with E-state index < -0.39 is 37.9 Å². The quantitative estimate of drug-likeness (QED) is 0.727. The standard InChI is InChI=1S/C10H15N3/c11-9-5-4-6-10(12-9)13-7-2-1-3-8-13/h4-6H,1-3,7-8H2,(H2,11,12)/i1D2,2D2,3D2,7D2,8D2. The van der Waals surface area contributed by atoms with Gasteiger partial charge in [0.05, 0.1) is 0 Å². The van der Waals surface area contributed by atoms with Crippen LogP contribution < -0.4 is 10.6 Å². The van der Waals surface area contributed by atoms with Gasteiger partial charge in [0.2, 0.25) is 0 Å². The first-order valence-electron chi connectivity index (χ1n) is 8.65. The van der Waals surface area contributed by atoms with Crippen molar-refractivity contribution in [3.63, 3.8) is 0 Å². The molecule has 1 saturated heterocycles. The number of anilines is 2. The van der Waals surface area contributed by atoms with Crippen molar-refractivity contribution in [3.8, 4) is 0 Å². The number of aromatic nitrogens is 1. The third kappa shape index (κ3) is 1.91. The highest BCUT2D eigenvalue weighted by atomic mass is 15.2. The number of nitrogens with zero attached hydrogens (tertiary/aromatic N) is 2. The Bertz CT molecular complexity index is 599. The molecule has 70 valence electrons. The van der Waals surface area contributed by atoms with Crippen LogP contribution in [0.5, 0.6) is 0 Å². The summed E-state index contributed by atoms with van der Waals surface area (Å²) in [5, 5.41) is 0. The van der Waals surface area contributed by atoms with Crippen LogP contribution in [0.1, 0.15) is 32.8 Å². The summed E-state index contributed by atoms with van der Waals surface area (Å²) in [7, 11) is 0. The number of piperidine rings is 1. The largest absolute Gasteiger partial charge is 0.384 e. The summed E-state index contributed by atoms with van der Waals surface area (Å²) >= 11 is 0. The van der Waals surface area contributed by atoms with Crippen molar-refractivity contribution in [3.05, 3.63) is 18.2 Å². The van der Waals surface area contributed by atoms with Gasteiger partial charge in [-0.2, -0.15) is 0 Å². The highest BCUT2D eigenvalue weighted by molar-refractivity contribution is 5.44. The number of hydrogen-bond acceptors (Lipinski definition) is 3. The fourth-order valence-electron chi connectivity index (χ4n) is 0.906. The van der Waals surface area contributed by atoms with Crippen LogP contribution >= 0.6 is 0 Å². The van der Waals surface area contributed by atoms with Gasteiger partial charge in [-0.1, -0.05) is 6.07 Å². The molecule has 0 spiro atoms. The van der Waals surface area contributed by atoms with Gasteiger partial charge < -0.3 is 10.6 Å². The van der Waals surface area contributed by atoms with Gasteiger partial charge in [0.1, 0.15) is 11.6 Å². The van der Waals surface area contributed by atoms with Gasteiger partial charge >= 0.3 is 0 Å². The van der Waals surface area contributed by atoms with E-state index in [0.29, 0.717) is 0 Å². The van der Waals surface area contributed by atoms with Gasteiger partial charge in [-0.3, -0.25) is 0 Å². The van der Waals surface area contributed by atoms with Crippen molar-refractivity contribution in [2.45, 2.75) is 19.1 Å². The summed E-state index contributed by atoms with van der Waals surface area (Å²) in [6.45, 7) is -6.46. The SMILES string of the molecule is [2H]C1([2H])N(c2cccc(N)n2)C([2H])([2H])C([2H])([2H])C([2H])([2H])C1([2H])[2H]. The average molecular weight is 187 g/mol. The molecule has 2 heterocycles. The highest BCUT2D eigenvalue weighted by Crippen LogP contribution is 2.17. The third-order valence-electron chi connectivity index (χ3n) is 1.45. The molecule has 3 heteroatoms. The number of pyridine rings is 1. The van der Waals surface area contributed by atoms with Crippen LogP contribution in [-0.2, 0) is 0 Å². The van der Waals surface area contributed by atoms with E-state index in [0.717, 1.165) is 6.07 Å². The van der Waals surface area contributed by atoms with E-state index in [1.165, 1.54) is 12.1 Å². The first-order chi connectivity index (χ1) is 10.1. The fourth-order valence-corrected chi connectivity index (χ4v) is 0.906. The van der Waals surface area contributed by atoms with Gasteiger partial charge in [-0.15, -0.1) is 0 Å². The zero-order valence-corrected chi connectivity index (χ0v) is 6.70. The van der Waals surface area contributed by atoms with E-state index in [-0.39, 0.29) is 10.7 Å². The lowest BCUT2D eigenvalue weighted by Crippen LogP contribution is -2.30. The zero-order valence-electron chi connectivity index (χ0n) is 16.7. The Morgan fingerprint density at radius 1 is 1.31 bits per heavy atom. The molecule has 2 N–H and O–H groups in total. The number of rotatable bonds is 1. The summed E-state index contributed by atoms with van der Waals surface area (Å²) in [5.41, 5.74) is 5.49. The first kappa shape index (κ1) is 2.62. The molecular formula is C10H15N3. The molecule has 0 saturated carbocycles. The summed E-state index contributed by atoms with van der Waals surface area (Å²) < 4.78 is 78.5. The third-order valence-corrected chi connectivity index (χ3v) is 1.45. The van der Waals surface area contributed by atoms with Crippen LogP contribution in [0.3, 0.4) is 0 Å². The van der Waals surface area contributed by atoms with Crippen molar-refractivity contribution in [1.29, 1.82) is 0 Å². The minimum absolute atomic E-state index is 0.0937. The maximum atomic E-state index is 7.97. The van der Waals surface area contributed by atoms with Crippen molar-refractivity contribution in [2.24, 2.45) is 0 Å². The Morgan fingerprint density at radius 2 is 2.08 bits per heavy atom. The van der Waals surface area contributed by atoms with Crippen LogP contribution in [-0.4, -0.2) is 18.0 Å². The number of nitrogen functional groups attached to an aromatic ring is 1. The predicted octanol–water partition coefficient (Wildman–Crippen LogP) is 1.65. The van der Waals surface area contributed by atoms with Crippen LogP contribution in [0.25, 0.3) is 0 Å². The molecule has 13 heavy (non-hydrogen) atoms. The molecule has 0 aliphatic carbocycles. The van der Waals surface area contributed by atoms with E-state index in [2.05, 4.69) is 4.98 Å². The molecular weight excluding hydrogens is 162 g/mol. The molecule has 2 rings (SSSR count). The highest BCUT2D eigenvalue weighted by Gasteiger charge is 2.11. The Kier molecular flexibility index (Phi) is 0.735. The van der Waals surface area contributed by atoms with Crippen molar-refractivity contribution in [2.75, 3.05) is 23.6 Å². The molecule has 3 nitrogen and oxygen atoms in total. The molecule has 1 aromatic heterocycles. The molecule has 1 fully saturated rings. The second-order valence-corrected chi connectivity index (χ2v) is 2.35. The van der Waals surface area contributed by atoms with Crippen LogP contribution in [0.4, 0.5) is 11.6 Å². The first-order valence-corrected chi connectivity index (χ1v) is 3.65. The van der Waals surface area contributed by atoms with Crippen molar-refractivity contribution in [1.82, 2.24) is 4.98 Å². The van der Waals surface area contributed by atoms with Crippen molar-refractivity contribution >= 4 is 11.6 Å². The van der Waals surface area contributed by atoms with Crippen molar-refractivity contribution < 1.29 is 13.7 Å². The maximum Gasteiger partial charge on any atom is 0.130 e. The molecule has 0 aromatic carbocycles. The second kappa shape index (κ2) is 3.64. The van der Waals surface area contributed by atoms with E-state index in [1.807, 2.05) is 0 Å². The Balaban J connectivity index is 2.80. The summed E-state index contributed by atoms with van der Waals surface area (Å²) in [4.78, 5) is 3.91. The topological polar surface area (TPSA) is 42.1 Å². The molecule has 1 aromatic rings. The molecule has 0 unspecified atom stereocenters. The molecule has 1 aliphatic rings. The average Bonchev–Trinajstić information content (AvgIpc) is 2.36. The molecule has 0 bridgehead atoms. The van der Waals surface area contributed by atoms with Gasteiger partial charge in [-0.05, 0) is 31.3 Å². The summed E-state index contributed by atoms with van der Waals surface area (Å²) in [6, 6.07) is 3.83. The monoisotopic (exact) mass is 187 g/mol. The van der Waals surface area contributed by atoms with Gasteiger partial charge in [0.25, 0.3) is 0 Å². The minimum atomic E-state index is -3.44. The Hall–Kier alpha value is -1.25. The smallest absolute Gasteiger partial charge is 0.130 e. The molecule has 0 radical (unpaired) electrons. The Morgan fingerprint density at radius 3 is 2.77 bits per heavy atom. The second-order valence-electron chi connectivity index (χ2n) is 2.35. The van der Waals surface area contributed by atoms with Crippen LogP contribution in [0.2, 0.25) is 0 Å². The molecule has 0 atom stereocenters. The predicted molar refractivity (Wildman–Crippen MR) is 54.7 cm³/mol. The summed E-state index contributed by atoms with van der Waals surface area (Å²) in [6.07, 6.45) is -10.2. The Labute approximate surface area is 92.6 Å². The number of hydrogen-bond donors (Lipinski definition) is 1. The minimum Gasteiger partial charge on any atom is -0.384 e. The van der Waals surface area contributed by atoms with Crippen LogP contribution in [0.15, 0.2) is 18.2 Å². The number of nitrogens with two attached hydrogens (primary N) is 1. The van der Waals surface area contributed by atoms with E-state index in [1.54, 1.807) is 0 Å². The lowest BCUT2D eigenvalue weighted by Gasteiger charge is -2.27.